The van der Waals surface area contributed by atoms with Gasteiger partial charge in [-0.2, -0.15) is 0 Å². The molecule has 1 unspecified atom stereocenters. The molecular weight excluding hydrogens is 206 g/mol. The first-order chi connectivity index (χ1) is 7.56. The number of anilines is 1. The summed E-state index contributed by atoms with van der Waals surface area (Å²) in [6.07, 6.45) is 1.08. The van der Waals surface area contributed by atoms with Gasteiger partial charge in [0.05, 0.1) is 11.7 Å². The van der Waals surface area contributed by atoms with E-state index in [0.717, 1.165) is 0 Å². The Labute approximate surface area is 95.1 Å². The SMILES string of the molecule is CNc1ncccc1C(=O)N(C)CC(C)O. The van der Waals surface area contributed by atoms with Gasteiger partial charge in [-0.15, -0.1) is 0 Å². The van der Waals surface area contributed by atoms with E-state index in [0.29, 0.717) is 17.9 Å². The summed E-state index contributed by atoms with van der Waals surface area (Å²) in [7, 11) is 3.37. The zero-order valence-electron chi connectivity index (χ0n) is 9.77. The second-order valence-corrected chi connectivity index (χ2v) is 3.68. The zero-order valence-corrected chi connectivity index (χ0v) is 9.77. The molecule has 0 aliphatic heterocycles. The first-order valence-electron chi connectivity index (χ1n) is 5.12. The Hall–Kier alpha value is -1.62. The molecule has 0 aromatic carbocycles. The molecule has 1 aromatic rings. The molecule has 0 bridgehead atoms. The molecule has 5 heteroatoms. The number of carbonyl (C=O) groups excluding carboxylic acids is 1. The average molecular weight is 223 g/mol. The summed E-state index contributed by atoms with van der Waals surface area (Å²) in [5.41, 5.74) is 0.508. The fourth-order valence-corrected chi connectivity index (χ4v) is 1.46. The summed E-state index contributed by atoms with van der Waals surface area (Å²) in [6.45, 7) is 1.95. The Morgan fingerprint density at radius 2 is 2.38 bits per heavy atom. The van der Waals surface area contributed by atoms with Gasteiger partial charge in [0.1, 0.15) is 5.82 Å². The van der Waals surface area contributed by atoms with Crippen molar-refractivity contribution in [3.8, 4) is 0 Å². The number of hydrogen-bond donors (Lipinski definition) is 2. The molecule has 5 nitrogen and oxygen atoms in total. The fraction of sp³-hybridized carbons (Fsp3) is 0.455. The number of aliphatic hydroxyl groups excluding tert-OH is 1. The summed E-state index contributed by atoms with van der Waals surface area (Å²) in [6, 6.07) is 3.42. The average Bonchev–Trinajstić information content (AvgIpc) is 2.27. The summed E-state index contributed by atoms with van der Waals surface area (Å²) < 4.78 is 0. The second-order valence-electron chi connectivity index (χ2n) is 3.68. The van der Waals surface area contributed by atoms with E-state index in [1.807, 2.05) is 0 Å². The van der Waals surface area contributed by atoms with Crippen LogP contribution in [0.1, 0.15) is 17.3 Å². The molecule has 1 heterocycles. The van der Waals surface area contributed by atoms with Crippen molar-refractivity contribution in [1.82, 2.24) is 9.88 Å². The van der Waals surface area contributed by atoms with Gasteiger partial charge >= 0.3 is 0 Å². The Kier molecular flexibility index (Phi) is 4.25. The molecule has 0 aliphatic rings. The topological polar surface area (TPSA) is 65.5 Å². The lowest BCUT2D eigenvalue weighted by molar-refractivity contribution is 0.0704. The summed E-state index contributed by atoms with van der Waals surface area (Å²) >= 11 is 0. The maximum absolute atomic E-state index is 12.0. The van der Waals surface area contributed by atoms with Gasteiger partial charge in [0.15, 0.2) is 0 Å². The van der Waals surface area contributed by atoms with Gasteiger partial charge in [-0.05, 0) is 19.1 Å². The van der Waals surface area contributed by atoms with E-state index in [1.165, 1.54) is 4.90 Å². The van der Waals surface area contributed by atoms with E-state index < -0.39 is 6.10 Å². The monoisotopic (exact) mass is 223 g/mol. The molecule has 0 saturated heterocycles. The van der Waals surface area contributed by atoms with Gasteiger partial charge in [-0.1, -0.05) is 0 Å². The normalized spacial score (nSPS) is 12.0. The van der Waals surface area contributed by atoms with E-state index in [1.54, 1.807) is 39.3 Å². The van der Waals surface area contributed by atoms with Crippen LogP contribution in [0.4, 0.5) is 5.82 Å². The van der Waals surface area contributed by atoms with E-state index in [9.17, 15) is 9.90 Å². The largest absolute Gasteiger partial charge is 0.392 e. The van der Waals surface area contributed by atoms with Crippen LogP contribution in [0.3, 0.4) is 0 Å². The van der Waals surface area contributed by atoms with Crippen molar-refractivity contribution in [2.24, 2.45) is 0 Å². The van der Waals surface area contributed by atoms with Crippen molar-refractivity contribution in [3.05, 3.63) is 23.9 Å². The van der Waals surface area contributed by atoms with Crippen molar-refractivity contribution in [2.45, 2.75) is 13.0 Å². The first-order valence-corrected chi connectivity index (χ1v) is 5.12. The Morgan fingerprint density at radius 3 is 2.94 bits per heavy atom. The van der Waals surface area contributed by atoms with Gasteiger partial charge in [-0.25, -0.2) is 4.98 Å². The maximum Gasteiger partial charge on any atom is 0.257 e. The van der Waals surface area contributed by atoms with Crippen LogP contribution in [0, 0.1) is 0 Å². The number of nitrogens with zero attached hydrogens (tertiary/aromatic N) is 2. The molecule has 0 spiro atoms. The van der Waals surface area contributed by atoms with Gasteiger partial charge in [-0.3, -0.25) is 4.79 Å². The quantitative estimate of drug-likeness (QED) is 0.783. The molecular formula is C11H17N3O2. The van der Waals surface area contributed by atoms with Gasteiger partial charge in [0, 0.05) is 26.8 Å². The molecule has 0 saturated carbocycles. The molecule has 1 atom stereocenters. The lowest BCUT2D eigenvalue weighted by atomic mass is 10.2. The number of nitrogens with one attached hydrogen (secondary N) is 1. The number of amides is 1. The number of hydrogen-bond acceptors (Lipinski definition) is 4. The first kappa shape index (κ1) is 12.4. The van der Waals surface area contributed by atoms with Crippen molar-refractivity contribution >= 4 is 11.7 Å². The van der Waals surface area contributed by atoms with Crippen LogP contribution >= 0.6 is 0 Å². The number of rotatable bonds is 4. The third kappa shape index (κ3) is 2.93. The molecule has 1 rings (SSSR count). The minimum absolute atomic E-state index is 0.154. The number of carbonyl (C=O) groups is 1. The molecule has 0 fully saturated rings. The van der Waals surface area contributed by atoms with Gasteiger partial charge in [0.2, 0.25) is 0 Å². The van der Waals surface area contributed by atoms with Gasteiger partial charge < -0.3 is 15.3 Å². The maximum atomic E-state index is 12.0. The lowest BCUT2D eigenvalue weighted by Gasteiger charge is -2.19. The Bertz CT molecular complexity index is 366. The van der Waals surface area contributed by atoms with E-state index in [2.05, 4.69) is 10.3 Å². The number of likely N-dealkylation sites (N-methyl/N-ethyl adjacent to an activating group) is 1. The fourth-order valence-electron chi connectivity index (χ4n) is 1.46. The van der Waals surface area contributed by atoms with E-state index in [-0.39, 0.29) is 5.91 Å². The highest BCUT2D eigenvalue weighted by Crippen LogP contribution is 2.12. The standard InChI is InChI=1S/C11H17N3O2/c1-8(15)7-14(3)11(16)9-5-4-6-13-10(9)12-2/h4-6,8,15H,7H2,1-3H3,(H,12,13). The molecule has 0 radical (unpaired) electrons. The third-order valence-electron chi connectivity index (χ3n) is 2.16. The highest BCUT2D eigenvalue weighted by Gasteiger charge is 2.16. The van der Waals surface area contributed by atoms with Crippen LogP contribution in [-0.2, 0) is 0 Å². The summed E-state index contributed by atoms with van der Waals surface area (Å²) in [4.78, 5) is 17.5. The van der Waals surface area contributed by atoms with Crippen molar-refractivity contribution < 1.29 is 9.90 Å². The predicted molar refractivity (Wildman–Crippen MR) is 62.4 cm³/mol. The second kappa shape index (κ2) is 5.46. The summed E-state index contributed by atoms with van der Waals surface area (Å²) in [5, 5.41) is 12.1. The molecule has 88 valence electrons. The lowest BCUT2D eigenvalue weighted by Crippen LogP contribution is -2.33. The smallest absolute Gasteiger partial charge is 0.257 e. The summed E-state index contributed by atoms with van der Waals surface area (Å²) in [5.74, 6) is 0.392. The van der Waals surface area contributed by atoms with Gasteiger partial charge in [0.25, 0.3) is 5.91 Å². The van der Waals surface area contributed by atoms with Crippen molar-refractivity contribution in [2.75, 3.05) is 26.0 Å². The molecule has 1 aromatic heterocycles. The molecule has 16 heavy (non-hydrogen) atoms. The van der Waals surface area contributed by atoms with Crippen molar-refractivity contribution in [1.29, 1.82) is 0 Å². The zero-order chi connectivity index (χ0) is 12.1. The molecule has 2 N–H and O–H groups in total. The van der Waals surface area contributed by atoms with Crippen LogP contribution in [-0.4, -0.2) is 47.6 Å². The third-order valence-corrected chi connectivity index (χ3v) is 2.16. The van der Waals surface area contributed by atoms with Crippen LogP contribution in [0.15, 0.2) is 18.3 Å². The van der Waals surface area contributed by atoms with E-state index >= 15 is 0 Å². The Morgan fingerprint density at radius 1 is 1.69 bits per heavy atom. The molecule has 0 aliphatic carbocycles. The predicted octanol–water partition coefficient (Wildman–Crippen LogP) is 0.576. The Balaban J connectivity index is 2.87. The van der Waals surface area contributed by atoms with E-state index in [4.69, 9.17) is 0 Å². The number of aliphatic hydroxyl groups is 1. The van der Waals surface area contributed by atoms with Crippen LogP contribution in [0.2, 0.25) is 0 Å². The minimum Gasteiger partial charge on any atom is -0.392 e. The highest BCUT2D eigenvalue weighted by molar-refractivity contribution is 5.98. The number of pyridine rings is 1. The molecule has 1 amide bonds. The van der Waals surface area contributed by atoms with Crippen LogP contribution < -0.4 is 5.32 Å². The highest BCUT2D eigenvalue weighted by atomic mass is 16.3. The number of aromatic nitrogens is 1. The minimum atomic E-state index is -0.538. The van der Waals surface area contributed by atoms with Crippen LogP contribution in [0.5, 0.6) is 0 Å². The van der Waals surface area contributed by atoms with Crippen molar-refractivity contribution in [3.63, 3.8) is 0 Å². The van der Waals surface area contributed by atoms with Crippen LogP contribution in [0.25, 0.3) is 0 Å².